The molecule has 7 heteroatoms. The predicted molar refractivity (Wildman–Crippen MR) is 106 cm³/mol. The molecular formula is C22H22N2O5. The van der Waals surface area contributed by atoms with Crippen LogP contribution in [0.5, 0.6) is 0 Å². The summed E-state index contributed by atoms with van der Waals surface area (Å²) in [4.78, 5) is 37.2. The van der Waals surface area contributed by atoms with E-state index in [1.807, 2.05) is 31.2 Å². The van der Waals surface area contributed by atoms with E-state index in [2.05, 4.69) is 10.6 Å². The average Bonchev–Trinajstić information content (AvgIpc) is 2.72. The van der Waals surface area contributed by atoms with Gasteiger partial charge in [0.05, 0.1) is 29.5 Å². The molecule has 1 aliphatic rings. The summed E-state index contributed by atoms with van der Waals surface area (Å²) in [6.07, 6.45) is 0. The molecule has 0 saturated carbocycles. The van der Waals surface area contributed by atoms with E-state index in [-0.39, 0.29) is 24.5 Å². The van der Waals surface area contributed by atoms with Gasteiger partial charge in [-0.2, -0.15) is 0 Å². The molecule has 7 nitrogen and oxygen atoms in total. The van der Waals surface area contributed by atoms with Crippen molar-refractivity contribution in [1.29, 1.82) is 0 Å². The van der Waals surface area contributed by atoms with Crippen LogP contribution in [0.15, 0.2) is 65.9 Å². The van der Waals surface area contributed by atoms with Gasteiger partial charge in [-0.25, -0.2) is 14.4 Å². The van der Waals surface area contributed by atoms with Crippen LogP contribution in [-0.4, -0.2) is 31.2 Å². The maximum absolute atomic E-state index is 12.6. The lowest BCUT2D eigenvalue weighted by atomic mass is 9.95. The summed E-state index contributed by atoms with van der Waals surface area (Å²) in [5.41, 5.74) is 2.43. The Morgan fingerprint density at radius 1 is 1.00 bits per heavy atom. The van der Waals surface area contributed by atoms with Gasteiger partial charge in [0.2, 0.25) is 0 Å². The van der Waals surface area contributed by atoms with Gasteiger partial charge in [0.25, 0.3) is 0 Å². The van der Waals surface area contributed by atoms with Crippen molar-refractivity contribution in [3.63, 3.8) is 0 Å². The molecule has 0 bridgehead atoms. The molecule has 3 rings (SSSR count). The SMILES string of the molecule is CCOC(=O)C1=C(COC(=O)c2cccc(C)c2)NC(=O)NC1c1ccccc1. The van der Waals surface area contributed by atoms with Gasteiger partial charge in [0, 0.05) is 0 Å². The molecule has 0 aliphatic carbocycles. The van der Waals surface area contributed by atoms with Gasteiger partial charge in [0.15, 0.2) is 0 Å². The maximum Gasteiger partial charge on any atom is 0.338 e. The first-order valence-electron chi connectivity index (χ1n) is 9.26. The van der Waals surface area contributed by atoms with Crippen molar-refractivity contribution in [2.75, 3.05) is 13.2 Å². The number of carbonyl (C=O) groups excluding carboxylic acids is 3. The van der Waals surface area contributed by atoms with Crippen LogP contribution in [0.4, 0.5) is 4.79 Å². The van der Waals surface area contributed by atoms with E-state index in [1.54, 1.807) is 37.3 Å². The quantitative estimate of drug-likeness (QED) is 0.735. The lowest BCUT2D eigenvalue weighted by molar-refractivity contribution is -0.139. The van der Waals surface area contributed by atoms with E-state index >= 15 is 0 Å². The molecule has 2 aromatic rings. The number of ether oxygens (including phenoxy) is 2. The lowest BCUT2D eigenvalue weighted by Crippen LogP contribution is -2.47. The molecule has 2 amide bonds. The second kappa shape index (κ2) is 9.05. The Morgan fingerprint density at radius 3 is 2.45 bits per heavy atom. The largest absolute Gasteiger partial charge is 0.463 e. The molecule has 29 heavy (non-hydrogen) atoms. The zero-order valence-corrected chi connectivity index (χ0v) is 16.2. The molecule has 1 unspecified atom stereocenters. The van der Waals surface area contributed by atoms with Crippen LogP contribution >= 0.6 is 0 Å². The highest BCUT2D eigenvalue weighted by molar-refractivity contribution is 5.95. The molecule has 0 fully saturated rings. The minimum absolute atomic E-state index is 0.175. The van der Waals surface area contributed by atoms with Crippen LogP contribution in [0.2, 0.25) is 0 Å². The Balaban J connectivity index is 1.91. The van der Waals surface area contributed by atoms with Crippen molar-refractivity contribution >= 4 is 18.0 Å². The van der Waals surface area contributed by atoms with Crippen molar-refractivity contribution in [2.45, 2.75) is 19.9 Å². The molecule has 0 radical (unpaired) electrons. The fraction of sp³-hybridized carbons (Fsp3) is 0.227. The Bertz CT molecular complexity index is 953. The number of urea groups is 1. The highest BCUT2D eigenvalue weighted by Gasteiger charge is 2.34. The third-order valence-electron chi connectivity index (χ3n) is 4.38. The molecule has 0 saturated heterocycles. The summed E-state index contributed by atoms with van der Waals surface area (Å²) >= 11 is 0. The Hall–Kier alpha value is -3.61. The topological polar surface area (TPSA) is 93.7 Å². The highest BCUT2D eigenvalue weighted by atomic mass is 16.5. The van der Waals surface area contributed by atoms with Gasteiger partial charge in [-0.05, 0) is 31.5 Å². The minimum atomic E-state index is -0.711. The van der Waals surface area contributed by atoms with Crippen LogP contribution in [0.25, 0.3) is 0 Å². The van der Waals surface area contributed by atoms with E-state index in [0.717, 1.165) is 5.56 Å². The smallest absolute Gasteiger partial charge is 0.338 e. The fourth-order valence-electron chi connectivity index (χ4n) is 3.07. The third-order valence-corrected chi connectivity index (χ3v) is 4.38. The number of hydrogen-bond donors (Lipinski definition) is 2. The van der Waals surface area contributed by atoms with Crippen molar-refractivity contribution in [3.8, 4) is 0 Å². The first-order valence-corrected chi connectivity index (χ1v) is 9.26. The Kier molecular flexibility index (Phi) is 6.29. The molecule has 0 spiro atoms. The van der Waals surface area contributed by atoms with Crippen molar-refractivity contribution < 1.29 is 23.9 Å². The number of nitrogens with one attached hydrogen (secondary N) is 2. The monoisotopic (exact) mass is 394 g/mol. The van der Waals surface area contributed by atoms with Crippen LogP contribution < -0.4 is 10.6 Å². The second-order valence-electron chi connectivity index (χ2n) is 6.50. The summed E-state index contributed by atoms with van der Waals surface area (Å²) in [6, 6.07) is 14.8. The molecule has 0 aromatic heterocycles. The second-order valence-corrected chi connectivity index (χ2v) is 6.50. The number of esters is 2. The number of aryl methyl sites for hydroxylation is 1. The van der Waals surface area contributed by atoms with E-state index in [4.69, 9.17) is 9.47 Å². The summed E-state index contributed by atoms with van der Waals surface area (Å²) in [7, 11) is 0. The van der Waals surface area contributed by atoms with Crippen molar-refractivity contribution in [3.05, 3.63) is 82.6 Å². The minimum Gasteiger partial charge on any atom is -0.463 e. The number of hydrogen-bond acceptors (Lipinski definition) is 5. The van der Waals surface area contributed by atoms with Crippen LogP contribution in [0.1, 0.15) is 34.5 Å². The summed E-state index contributed by atoms with van der Waals surface area (Å²) < 4.78 is 10.5. The molecule has 1 aliphatic heterocycles. The summed E-state index contributed by atoms with van der Waals surface area (Å²) in [5, 5.41) is 5.30. The van der Waals surface area contributed by atoms with Gasteiger partial charge in [0.1, 0.15) is 6.61 Å². The molecule has 2 N–H and O–H groups in total. The van der Waals surface area contributed by atoms with Crippen LogP contribution in [-0.2, 0) is 14.3 Å². The standard InChI is InChI=1S/C22H22N2O5/c1-3-28-21(26)18-17(13-29-20(25)16-11-7-8-14(2)12-16)23-22(27)24-19(18)15-9-5-4-6-10-15/h4-12,19H,3,13H2,1-2H3,(H2,23,24,27). The number of carbonyl (C=O) groups is 3. The zero-order chi connectivity index (χ0) is 20.8. The van der Waals surface area contributed by atoms with Crippen LogP contribution in [0, 0.1) is 6.92 Å². The van der Waals surface area contributed by atoms with Gasteiger partial charge in [-0.3, -0.25) is 0 Å². The fourth-order valence-corrected chi connectivity index (χ4v) is 3.07. The normalized spacial score (nSPS) is 15.9. The molecule has 1 heterocycles. The number of benzene rings is 2. The molecule has 1 atom stereocenters. The van der Waals surface area contributed by atoms with E-state index in [1.165, 1.54) is 0 Å². The van der Waals surface area contributed by atoms with E-state index in [0.29, 0.717) is 11.1 Å². The van der Waals surface area contributed by atoms with Crippen molar-refractivity contribution in [1.82, 2.24) is 10.6 Å². The maximum atomic E-state index is 12.6. The Labute approximate surface area is 168 Å². The predicted octanol–water partition coefficient (Wildman–Crippen LogP) is 3.02. The molecular weight excluding hydrogens is 372 g/mol. The van der Waals surface area contributed by atoms with Gasteiger partial charge in [-0.15, -0.1) is 0 Å². The average molecular weight is 394 g/mol. The third kappa shape index (κ3) is 4.82. The first-order chi connectivity index (χ1) is 14.0. The molecule has 2 aromatic carbocycles. The molecule has 150 valence electrons. The first kappa shape index (κ1) is 20.1. The Morgan fingerprint density at radius 2 is 1.76 bits per heavy atom. The van der Waals surface area contributed by atoms with Gasteiger partial charge < -0.3 is 20.1 Å². The van der Waals surface area contributed by atoms with Gasteiger partial charge >= 0.3 is 18.0 Å². The van der Waals surface area contributed by atoms with Gasteiger partial charge in [-0.1, -0.05) is 48.0 Å². The number of amides is 2. The van der Waals surface area contributed by atoms with E-state index in [9.17, 15) is 14.4 Å². The van der Waals surface area contributed by atoms with Crippen LogP contribution in [0.3, 0.4) is 0 Å². The summed E-state index contributed by atoms with van der Waals surface area (Å²) in [5.74, 6) is -1.14. The van der Waals surface area contributed by atoms with Crippen molar-refractivity contribution in [2.24, 2.45) is 0 Å². The summed E-state index contributed by atoms with van der Waals surface area (Å²) in [6.45, 7) is 3.48. The highest BCUT2D eigenvalue weighted by Crippen LogP contribution is 2.28. The van der Waals surface area contributed by atoms with E-state index < -0.39 is 24.0 Å². The lowest BCUT2D eigenvalue weighted by Gasteiger charge is -2.29. The zero-order valence-electron chi connectivity index (χ0n) is 16.2. The number of rotatable bonds is 6.